The van der Waals surface area contributed by atoms with E-state index in [1.807, 2.05) is 6.07 Å². The molecular weight excluding hydrogens is 370 g/mol. The molecule has 0 atom stereocenters. The zero-order valence-electron chi connectivity index (χ0n) is 15.6. The van der Waals surface area contributed by atoms with Crippen molar-refractivity contribution in [3.63, 3.8) is 0 Å². The number of ether oxygens (including phenoxy) is 1. The van der Waals surface area contributed by atoms with Crippen LogP contribution < -0.4 is 10.1 Å². The molecule has 3 aromatic rings. The van der Waals surface area contributed by atoms with E-state index in [2.05, 4.69) is 11.4 Å². The number of anilines is 1. The highest BCUT2D eigenvalue weighted by molar-refractivity contribution is 6.05. The Morgan fingerprint density at radius 2 is 1.93 bits per heavy atom. The van der Waals surface area contributed by atoms with Crippen LogP contribution in [0.3, 0.4) is 0 Å². The molecule has 29 heavy (non-hydrogen) atoms. The highest BCUT2D eigenvalue weighted by Crippen LogP contribution is 2.23. The number of nitriles is 1. The second-order valence-corrected chi connectivity index (χ2v) is 6.30. The number of non-ortho nitro benzene ring substituents is 1. The number of hydrogen-bond acceptors (Lipinski definition) is 5. The predicted molar refractivity (Wildman–Crippen MR) is 108 cm³/mol. The molecule has 0 fully saturated rings. The van der Waals surface area contributed by atoms with Crippen LogP contribution in [-0.4, -0.2) is 10.8 Å². The van der Waals surface area contributed by atoms with Gasteiger partial charge in [-0.15, -0.1) is 0 Å². The summed E-state index contributed by atoms with van der Waals surface area (Å²) >= 11 is 0. The molecule has 0 aromatic heterocycles. The first-order valence-electron chi connectivity index (χ1n) is 8.75. The van der Waals surface area contributed by atoms with Crippen molar-refractivity contribution in [2.24, 2.45) is 0 Å². The predicted octanol–water partition coefficient (Wildman–Crippen LogP) is 4.61. The van der Waals surface area contributed by atoms with E-state index >= 15 is 0 Å². The minimum Gasteiger partial charge on any atom is -0.489 e. The molecule has 0 heterocycles. The molecule has 0 bridgehead atoms. The summed E-state index contributed by atoms with van der Waals surface area (Å²) in [5.41, 5.74) is 2.61. The number of nitrogens with one attached hydrogen (secondary N) is 1. The van der Waals surface area contributed by atoms with Crippen molar-refractivity contribution in [3.8, 4) is 11.8 Å². The number of nitrogens with zero attached hydrogens (tertiary/aromatic N) is 2. The summed E-state index contributed by atoms with van der Waals surface area (Å²) in [5, 5.41) is 22.8. The van der Waals surface area contributed by atoms with Gasteiger partial charge in [-0.2, -0.15) is 5.26 Å². The first-order valence-corrected chi connectivity index (χ1v) is 8.75. The average molecular weight is 387 g/mol. The number of nitro groups is 1. The van der Waals surface area contributed by atoms with Crippen molar-refractivity contribution in [2.45, 2.75) is 13.5 Å². The second-order valence-electron chi connectivity index (χ2n) is 6.30. The minimum absolute atomic E-state index is 0.0980. The van der Waals surface area contributed by atoms with Gasteiger partial charge in [0.15, 0.2) is 0 Å². The lowest BCUT2D eigenvalue weighted by Crippen LogP contribution is -2.13. The standard InChI is InChI=1S/C22H17N3O4/c1-15-9-10-19(25(27)28)12-21(15)24-22(26)16-7-4-8-20(11-16)29-14-18-6-3-2-5-17(18)13-23/h2-12H,14H2,1H3,(H,24,26). The van der Waals surface area contributed by atoms with Gasteiger partial charge in [0, 0.05) is 23.3 Å². The third-order valence-corrected chi connectivity index (χ3v) is 4.31. The van der Waals surface area contributed by atoms with Crippen molar-refractivity contribution >= 4 is 17.3 Å². The Morgan fingerprint density at radius 1 is 1.14 bits per heavy atom. The zero-order valence-corrected chi connectivity index (χ0v) is 15.6. The molecule has 0 radical (unpaired) electrons. The minimum atomic E-state index is -0.511. The fraction of sp³-hybridized carbons (Fsp3) is 0.0909. The number of nitro benzene ring substituents is 1. The Bertz CT molecular complexity index is 1120. The van der Waals surface area contributed by atoms with Gasteiger partial charge in [0.2, 0.25) is 0 Å². The van der Waals surface area contributed by atoms with Crippen LogP contribution in [0.15, 0.2) is 66.7 Å². The van der Waals surface area contributed by atoms with Crippen LogP contribution in [0.1, 0.15) is 27.0 Å². The first-order chi connectivity index (χ1) is 14.0. The summed E-state index contributed by atoms with van der Waals surface area (Å²) in [6.07, 6.45) is 0. The maximum absolute atomic E-state index is 12.6. The monoisotopic (exact) mass is 387 g/mol. The summed E-state index contributed by atoms with van der Waals surface area (Å²) in [5.74, 6) is 0.0672. The van der Waals surface area contributed by atoms with E-state index in [1.165, 1.54) is 12.1 Å². The number of benzene rings is 3. The topological polar surface area (TPSA) is 105 Å². The van der Waals surface area contributed by atoms with Gasteiger partial charge < -0.3 is 10.1 Å². The summed E-state index contributed by atoms with van der Waals surface area (Å²) in [7, 11) is 0. The SMILES string of the molecule is Cc1ccc([N+](=O)[O-])cc1NC(=O)c1cccc(OCc2ccccc2C#N)c1. The molecule has 3 aromatic carbocycles. The molecule has 0 unspecified atom stereocenters. The van der Waals surface area contributed by atoms with E-state index in [4.69, 9.17) is 10.00 Å². The highest BCUT2D eigenvalue weighted by Gasteiger charge is 2.13. The smallest absolute Gasteiger partial charge is 0.271 e. The van der Waals surface area contributed by atoms with Gasteiger partial charge in [-0.1, -0.05) is 30.3 Å². The molecule has 3 rings (SSSR count). The molecule has 0 aliphatic heterocycles. The van der Waals surface area contributed by atoms with Gasteiger partial charge in [0.25, 0.3) is 11.6 Å². The largest absolute Gasteiger partial charge is 0.489 e. The summed E-state index contributed by atoms with van der Waals surface area (Å²) in [4.78, 5) is 23.0. The molecule has 7 nitrogen and oxygen atoms in total. The molecule has 0 aliphatic carbocycles. The maximum atomic E-state index is 12.6. The molecule has 1 N–H and O–H groups in total. The van der Waals surface area contributed by atoms with E-state index in [-0.39, 0.29) is 12.3 Å². The van der Waals surface area contributed by atoms with Crippen molar-refractivity contribution in [1.29, 1.82) is 5.26 Å². The molecule has 0 aliphatic rings. The van der Waals surface area contributed by atoms with E-state index in [0.29, 0.717) is 28.1 Å². The molecule has 7 heteroatoms. The normalized spacial score (nSPS) is 10.1. The van der Waals surface area contributed by atoms with E-state index in [9.17, 15) is 14.9 Å². The number of amides is 1. The van der Waals surface area contributed by atoms with Gasteiger partial charge in [0.1, 0.15) is 12.4 Å². The quantitative estimate of drug-likeness (QED) is 0.491. The van der Waals surface area contributed by atoms with Crippen LogP contribution in [0, 0.1) is 28.4 Å². The number of carbonyl (C=O) groups excluding carboxylic acids is 1. The lowest BCUT2D eigenvalue weighted by Gasteiger charge is -2.11. The van der Waals surface area contributed by atoms with E-state index < -0.39 is 10.8 Å². The van der Waals surface area contributed by atoms with Crippen LogP contribution in [0.2, 0.25) is 0 Å². The fourth-order valence-electron chi connectivity index (χ4n) is 2.70. The van der Waals surface area contributed by atoms with Crippen LogP contribution >= 0.6 is 0 Å². The number of hydrogen-bond donors (Lipinski definition) is 1. The van der Waals surface area contributed by atoms with Gasteiger partial charge in [0.05, 0.1) is 22.2 Å². The van der Waals surface area contributed by atoms with Crippen molar-refractivity contribution in [3.05, 3.63) is 99.1 Å². The van der Waals surface area contributed by atoms with Gasteiger partial charge in [-0.25, -0.2) is 0 Å². The molecule has 144 valence electrons. The van der Waals surface area contributed by atoms with E-state index in [1.54, 1.807) is 55.5 Å². The molecule has 1 amide bonds. The van der Waals surface area contributed by atoms with Gasteiger partial charge >= 0.3 is 0 Å². The van der Waals surface area contributed by atoms with Crippen molar-refractivity contribution in [2.75, 3.05) is 5.32 Å². The third kappa shape index (κ3) is 4.76. The maximum Gasteiger partial charge on any atom is 0.271 e. The third-order valence-electron chi connectivity index (χ3n) is 4.31. The first kappa shape index (κ1) is 19.6. The lowest BCUT2D eigenvalue weighted by molar-refractivity contribution is -0.384. The lowest BCUT2D eigenvalue weighted by atomic mass is 10.1. The number of aryl methyl sites for hydroxylation is 1. The number of carbonyl (C=O) groups is 1. The Morgan fingerprint density at radius 3 is 2.69 bits per heavy atom. The van der Waals surface area contributed by atoms with Crippen LogP contribution in [-0.2, 0) is 6.61 Å². The van der Waals surface area contributed by atoms with Crippen LogP contribution in [0.4, 0.5) is 11.4 Å². The summed E-state index contributed by atoms with van der Waals surface area (Å²) in [6.45, 7) is 1.95. The summed E-state index contributed by atoms with van der Waals surface area (Å²) in [6, 6.07) is 20.1. The van der Waals surface area contributed by atoms with Crippen LogP contribution in [0.25, 0.3) is 0 Å². The summed E-state index contributed by atoms with van der Waals surface area (Å²) < 4.78 is 5.73. The Kier molecular flexibility index (Phi) is 5.85. The van der Waals surface area contributed by atoms with Crippen molar-refractivity contribution in [1.82, 2.24) is 0 Å². The van der Waals surface area contributed by atoms with E-state index in [0.717, 1.165) is 5.56 Å². The Balaban J connectivity index is 1.74. The highest BCUT2D eigenvalue weighted by atomic mass is 16.6. The zero-order chi connectivity index (χ0) is 20.8. The average Bonchev–Trinajstić information content (AvgIpc) is 2.74. The van der Waals surface area contributed by atoms with Crippen molar-refractivity contribution < 1.29 is 14.5 Å². The second kappa shape index (κ2) is 8.67. The van der Waals surface area contributed by atoms with Gasteiger partial charge in [-0.3, -0.25) is 14.9 Å². The Labute approximate surface area is 167 Å². The molecular formula is C22H17N3O4. The molecule has 0 saturated heterocycles. The number of rotatable bonds is 6. The van der Waals surface area contributed by atoms with Crippen LogP contribution in [0.5, 0.6) is 5.75 Å². The Hall–Kier alpha value is -4.18. The molecule has 0 saturated carbocycles. The van der Waals surface area contributed by atoms with Gasteiger partial charge in [-0.05, 0) is 36.8 Å². The fourth-order valence-corrected chi connectivity index (χ4v) is 2.70. The molecule has 0 spiro atoms.